The first-order chi connectivity index (χ1) is 8.88. The Bertz CT molecular complexity index is 553. The fourth-order valence-corrected chi connectivity index (χ4v) is 2.18. The SMILES string of the molecule is O=CC1CN(c2ccccc2)c2ccccc2O1. The lowest BCUT2D eigenvalue weighted by atomic mass is 10.1. The Balaban J connectivity index is 2.06. The van der Waals surface area contributed by atoms with Gasteiger partial charge in [0.25, 0.3) is 0 Å². The summed E-state index contributed by atoms with van der Waals surface area (Å²) in [5, 5.41) is 0. The molecule has 3 nitrogen and oxygen atoms in total. The van der Waals surface area contributed by atoms with Gasteiger partial charge in [-0.25, -0.2) is 0 Å². The standard InChI is InChI=1S/C15H13NO2/c17-11-13-10-16(12-6-2-1-3-7-12)14-8-4-5-9-15(14)18-13/h1-9,11,13H,10H2. The van der Waals surface area contributed by atoms with Crippen LogP contribution in [0.25, 0.3) is 0 Å². The minimum Gasteiger partial charge on any atom is -0.479 e. The molecule has 1 unspecified atom stereocenters. The van der Waals surface area contributed by atoms with Gasteiger partial charge >= 0.3 is 0 Å². The number of nitrogens with zero attached hydrogens (tertiary/aromatic N) is 1. The second kappa shape index (κ2) is 4.53. The molecule has 1 heterocycles. The maximum Gasteiger partial charge on any atom is 0.171 e. The number of carbonyl (C=O) groups is 1. The molecule has 3 rings (SSSR count). The number of benzene rings is 2. The van der Waals surface area contributed by atoms with Gasteiger partial charge < -0.3 is 9.64 Å². The summed E-state index contributed by atoms with van der Waals surface area (Å²) in [6.07, 6.45) is 0.436. The summed E-state index contributed by atoms with van der Waals surface area (Å²) in [5.74, 6) is 0.754. The Morgan fingerprint density at radius 2 is 1.78 bits per heavy atom. The van der Waals surface area contributed by atoms with Crippen LogP contribution in [0.1, 0.15) is 0 Å². The van der Waals surface area contributed by atoms with E-state index in [1.165, 1.54) is 0 Å². The fraction of sp³-hybridized carbons (Fsp3) is 0.133. The van der Waals surface area contributed by atoms with Crippen LogP contribution in [0, 0.1) is 0 Å². The van der Waals surface area contributed by atoms with Crippen LogP contribution in [-0.4, -0.2) is 18.9 Å². The molecule has 90 valence electrons. The number of hydrogen-bond donors (Lipinski definition) is 0. The van der Waals surface area contributed by atoms with E-state index in [1.54, 1.807) is 0 Å². The van der Waals surface area contributed by atoms with Gasteiger partial charge in [0.2, 0.25) is 0 Å². The molecule has 0 spiro atoms. The van der Waals surface area contributed by atoms with E-state index in [1.807, 2.05) is 54.6 Å². The molecule has 0 fully saturated rings. The number of hydrogen-bond acceptors (Lipinski definition) is 3. The summed E-state index contributed by atoms with van der Waals surface area (Å²) in [6.45, 7) is 0.546. The zero-order valence-corrected chi connectivity index (χ0v) is 9.82. The minimum atomic E-state index is -0.417. The fourth-order valence-electron chi connectivity index (χ4n) is 2.18. The van der Waals surface area contributed by atoms with Gasteiger partial charge in [0.15, 0.2) is 12.4 Å². The smallest absolute Gasteiger partial charge is 0.171 e. The number of rotatable bonds is 2. The normalized spacial score (nSPS) is 17.8. The van der Waals surface area contributed by atoms with Gasteiger partial charge in [0.1, 0.15) is 5.75 Å². The maximum absolute atomic E-state index is 11.0. The topological polar surface area (TPSA) is 29.5 Å². The molecule has 2 aromatic carbocycles. The second-order valence-electron chi connectivity index (χ2n) is 4.21. The van der Waals surface area contributed by atoms with Gasteiger partial charge in [-0.1, -0.05) is 30.3 Å². The molecule has 0 radical (unpaired) electrons. The van der Waals surface area contributed by atoms with Crippen LogP contribution in [-0.2, 0) is 4.79 Å². The van der Waals surface area contributed by atoms with Crippen LogP contribution < -0.4 is 9.64 Å². The van der Waals surface area contributed by atoms with E-state index in [0.29, 0.717) is 6.54 Å². The maximum atomic E-state index is 11.0. The van der Waals surface area contributed by atoms with Crippen molar-refractivity contribution in [2.75, 3.05) is 11.4 Å². The molecule has 0 aliphatic carbocycles. The number of anilines is 2. The van der Waals surface area contributed by atoms with E-state index in [-0.39, 0.29) is 0 Å². The largest absolute Gasteiger partial charge is 0.479 e. The zero-order chi connectivity index (χ0) is 12.4. The van der Waals surface area contributed by atoms with Gasteiger partial charge in [-0.05, 0) is 24.3 Å². The second-order valence-corrected chi connectivity index (χ2v) is 4.21. The van der Waals surface area contributed by atoms with Crippen LogP contribution in [0.15, 0.2) is 54.6 Å². The van der Waals surface area contributed by atoms with E-state index >= 15 is 0 Å². The third-order valence-corrected chi connectivity index (χ3v) is 3.02. The molecule has 0 amide bonds. The molecule has 0 aromatic heterocycles. The van der Waals surface area contributed by atoms with Crippen LogP contribution in [0.2, 0.25) is 0 Å². The van der Waals surface area contributed by atoms with Gasteiger partial charge in [-0.2, -0.15) is 0 Å². The summed E-state index contributed by atoms with van der Waals surface area (Å²) in [4.78, 5) is 13.1. The highest BCUT2D eigenvalue weighted by molar-refractivity contribution is 5.73. The van der Waals surface area contributed by atoms with E-state index in [4.69, 9.17) is 4.74 Å². The van der Waals surface area contributed by atoms with Crippen molar-refractivity contribution in [3.63, 3.8) is 0 Å². The molecular formula is C15H13NO2. The van der Waals surface area contributed by atoms with Gasteiger partial charge in [0.05, 0.1) is 12.2 Å². The number of fused-ring (bicyclic) bond motifs is 1. The quantitative estimate of drug-likeness (QED) is 0.755. The van der Waals surface area contributed by atoms with Crippen molar-refractivity contribution in [2.24, 2.45) is 0 Å². The lowest BCUT2D eigenvalue weighted by Crippen LogP contribution is -2.38. The minimum absolute atomic E-state index is 0.417. The van der Waals surface area contributed by atoms with Crippen LogP contribution in [0.4, 0.5) is 11.4 Å². The molecule has 0 N–H and O–H groups in total. The predicted octanol–water partition coefficient (Wildman–Crippen LogP) is 2.78. The molecule has 0 saturated heterocycles. The molecule has 0 bridgehead atoms. The highest BCUT2D eigenvalue weighted by atomic mass is 16.5. The molecule has 3 heteroatoms. The zero-order valence-electron chi connectivity index (χ0n) is 9.82. The first-order valence-corrected chi connectivity index (χ1v) is 5.92. The predicted molar refractivity (Wildman–Crippen MR) is 70.4 cm³/mol. The molecular weight excluding hydrogens is 226 g/mol. The molecule has 1 aliphatic heterocycles. The average Bonchev–Trinajstić information content (AvgIpc) is 2.47. The Hall–Kier alpha value is -2.29. The van der Waals surface area contributed by atoms with Crippen molar-refractivity contribution in [1.29, 1.82) is 0 Å². The van der Waals surface area contributed by atoms with Gasteiger partial charge in [-0.3, -0.25) is 4.79 Å². The number of ether oxygens (including phenoxy) is 1. The first kappa shape index (κ1) is 10.8. The Labute approximate surface area is 106 Å². The number of para-hydroxylation sites is 3. The van der Waals surface area contributed by atoms with Crippen LogP contribution in [0.3, 0.4) is 0 Å². The average molecular weight is 239 g/mol. The molecule has 1 atom stereocenters. The third-order valence-electron chi connectivity index (χ3n) is 3.02. The highest BCUT2D eigenvalue weighted by Crippen LogP contribution is 2.37. The highest BCUT2D eigenvalue weighted by Gasteiger charge is 2.25. The van der Waals surface area contributed by atoms with E-state index < -0.39 is 6.10 Å². The van der Waals surface area contributed by atoms with E-state index in [9.17, 15) is 4.79 Å². The van der Waals surface area contributed by atoms with Gasteiger partial charge in [-0.15, -0.1) is 0 Å². The molecule has 1 aliphatic rings. The molecule has 0 saturated carbocycles. The Kier molecular flexibility index (Phi) is 2.73. The first-order valence-electron chi connectivity index (χ1n) is 5.92. The van der Waals surface area contributed by atoms with Crippen molar-refractivity contribution >= 4 is 17.7 Å². The Morgan fingerprint density at radius 3 is 2.56 bits per heavy atom. The lowest BCUT2D eigenvalue weighted by molar-refractivity contribution is -0.113. The van der Waals surface area contributed by atoms with Crippen molar-refractivity contribution in [3.05, 3.63) is 54.6 Å². The summed E-state index contributed by atoms with van der Waals surface area (Å²) in [6, 6.07) is 17.8. The van der Waals surface area contributed by atoms with E-state index in [0.717, 1.165) is 23.4 Å². The molecule has 2 aromatic rings. The van der Waals surface area contributed by atoms with Crippen LogP contribution >= 0.6 is 0 Å². The van der Waals surface area contributed by atoms with Gasteiger partial charge in [0, 0.05) is 5.69 Å². The van der Waals surface area contributed by atoms with Crippen LogP contribution in [0.5, 0.6) is 5.75 Å². The number of carbonyl (C=O) groups excluding carboxylic acids is 1. The van der Waals surface area contributed by atoms with Crippen molar-refractivity contribution in [3.8, 4) is 5.75 Å². The summed E-state index contributed by atoms with van der Waals surface area (Å²) >= 11 is 0. The van der Waals surface area contributed by atoms with Crippen molar-refractivity contribution in [2.45, 2.75) is 6.10 Å². The monoisotopic (exact) mass is 239 g/mol. The summed E-state index contributed by atoms with van der Waals surface area (Å²) in [5.41, 5.74) is 2.07. The lowest BCUT2D eigenvalue weighted by Gasteiger charge is -2.34. The van der Waals surface area contributed by atoms with Crippen molar-refractivity contribution < 1.29 is 9.53 Å². The summed E-state index contributed by atoms with van der Waals surface area (Å²) in [7, 11) is 0. The summed E-state index contributed by atoms with van der Waals surface area (Å²) < 4.78 is 5.62. The number of aldehydes is 1. The third kappa shape index (κ3) is 1.84. The van der Waals surface area contributed by atoms with Crippen molar-refractivity contribution in [1.82, 2.24) is 0 Å². The molecule has 18 heavy (non-hydrogen) atoms. The van der Waals surface area contributed by atoms with E-state index in [2.05, 4.69) is 4.90 Å². The Morgan fingerprint density at radius 1 is 1.06 bits per heavy atom.